The maximum absolute atomic E-state index is 11.9. The molecule has 0 aliphatic carbocycles. The Bertz CT molecular complexity index is 853. The summed E-state index contributed by atoms with van der Waals surface area (Å²) in [4.78, 5) is 34.6. The van der Waals surface area contributed by atoms with Crippen LogP contribution in [0, 0.1) is 0 Å². The lowest BCUT2D eigenvalue weighted by Crippen LogP contribution is -2.17. The van der Waals surface area contributed by atoms with Crippen LogP contribution in [0.25, 0.3) is 11.1 Å². The van der Waals surface area contributed by atoms with Crippen molar-refractivity contribution in [1.29, 1.82) is 0 Å². The summed E-state index contributed by atoms with van der Waals surface area (Å²) in [7, 11) is 0. The fraction of sp³-hybridized carbons (Fsp3) is 0.250. The summed E-state index contributed by atoms with van der Waals surface area (Å²) < 4.78 is 0. The second-order valence-electron chi connectivity index (χ2n) is 6.04. The normalized spacial score (nSPS) is 10.5. The van der Waals surface area contributed by atoms with Crippen LogP contribution in [0.2, 0.25) is 0 Å². The van der Waals surface area contributed by atoms with Crippen molar-refractivity contribution in [3.8, 4) is 11.1 Å². The van der Waals surface area contributed by atoms with Gasteiger partial charge in [0.25, 0.3) is 0 Å². The standard InChI is InChI=1S/C20H21NO6S/c22-16(21-27)8-4-5-11-28-12-14-9-10-15(13-6-2-1-3-7-13)18(20(25)26)17(14)19(23)24/h1-3,6-7,9-10,27H,4-5,8,11-12H2,(H,21,22)(H,23,24)(H,25,26). The molecule has 0 atom stereocenters. The summed E-state index contributed by atoms with van der Waals surface area (Å²) in [6.07, 6.45) is 1.53. The first-order valence-corrected chi connectivity index (χ1v) is 9.79. The molecule has 0 saturated heterocycles. The Balaban J connectivity index is 2.19. The highest BCUT2D eigenvalue weighted by atomic mass is 32.2. The van der Waals surface area contributed by atoms with E-state index in [2.05, 4.69) is 0 Å². The molecule has 0 aliphatic heterocycles. The highest BCUT2D eigenvalue weighted by Gasteiger charge is 2.24. The van der Waals surface area contributed by atoms with Crippen LogP contribution in [-0.4, -0.2) is 39.0 Å². The van der Waals surface area contributed by atoms with Crippen LogP contribution in [0.3, 0.4) is 0 Å². The molecule has 0 saturated carbocycles. The zero-order valence-corrected chi connectivity index (χ0v) is 15.9. The first-order valence-electron chi connectivity index (χ1n) is 8.64. The summed E-state index contributed by atoms with van der Waals surface area (Å²) in [6.45, 7) is 0. The van der Waals surface area contributed by atoms with Crippen molar-refractivity contribution in [3.05, 3.63) is 59.2 Å². The van der Waals surface area contributed by atoms with E-state index in [1.165, 1.54) is 11.8 Å². The van der Waals surface area contributed by atoms with Gasteiger partial charge in [-0.05, 0) is 35.3 Å². The van der Waals surface area contributed by atoms with Crippen molar-refractivity contribution in [3.63, 3.8) is 0 Å². The first-order chi connectivity index (χ1) is 13.5. The number of carbonyl (C=O) groups is 3. The number of aromatic carboxylic acids is 2. The quantitative estimate of drug-likeness (QED) is 0.271. The molecule has 0 spiro atoms. The molecule has 7 nitrogen and oxygen atoms in total. The maximum Gasteiger partial charge on any atom is 0.337 e. The summed E-state index contributed by atoms with van der Waals surface area (Å²) >= 11 is 1.47. The molecule has 8 heteroatoms. The Morgan fingerprint density at radius 3 is 2.18 bits per heavy atom. The second-order valence-corrected chi connectivity index (χ2v) is 7.15. The molecule has 4 N–H and O–H groups in total. The van der Waals surface area contributed by atoms with Crippen molar-refractivity contribution >= 4 is 29.6 Å². The molecule has 2 aromatic carbocycles. The number of carbonyl (C=O) groups excluding carboxylic acids is 1. The zero-order valence-electron chi connectivity index (χ0n) is 15.1. The van der Waals surface area contributed by atoms with Gasteiger partial charge in [-0.15, -0.1) is 0 Å². The SMILES string of the molecule is O=C(CCCCSCc1ccc(-c2ccccc2)c(C(=O)O)c1C(=O)O)NO. The molecular formula is C20H21NO6S. The van der Waals surface area contributed by atoms with E-state index in [1.54, 1.807) is 47.9 Å². The lowest BCUT2D eigenvalue weighted by molar-refractivity contribution is -0.129. The number of benzene rings is 2. The summed E-state index contributed by atoms with van der Waals surface area (Å²) in [6, 6.07) is 12.1. The van der Waals surface area contributed by atoms with Gasteiger partial charge < -0.3 is 10.2 Å². The molecule has 28 heavy (non-hydrogen) atoms. The van der Waals surface area contributed by atoms with Crippen molar-refractivity contribution < 1.29 is 29.8 Å². The Kier molecular flexibility index (Phi) is 8.03. The van der Waals surface area contributed by atoms with Crippen LogP contribution in [0.4, 0.5) is 0 Å². The van der Waals surface area contributed by atoms with Gasteiger partial charge in [-0.2, -0.15) is 11.8 Å². The summed E-state index contributed by atoms with van der Waals surface area (Å²) in [5.74, 6) is -1.96. The molecule has 1 amide bonds. The van der Waals surface area contributed by atoms with Gasteiger partial charge in [-0.3, -0.25) is 10.0 Å². The monoisotopic (exact) mass is 403 g/mol. The molecule has 0 aliphatic rings. The zero-order chi connectivity index (χ0) is 20.5. The Labute approximate surface area is 166 Å². The van der Waals surface area contributed by atoms with E-state index in [9.17, 15) is 24.6 Å². The average Bonchev–Trinajstić information content (AvgIpc) is 2.70. The lowest BCUT2D eigenvalue weighted by atomic mass is 9.92. The predicted octanol–water partition coefficient (Wildman–Crippen LogP) is 3.66. The van der Waals surface area contributed by atoms with Gasteiger partial charge in [0.1, 0.15) is 0 Å². The van der Waals surface area contributed by atoms with E-state index in [0.29, 0.717) is 41.0 Å². The Hall–Kier alpha value is -2.84. The van der Waals surface area contributed by atoms with E-state index in [4.69, 9.17) is 5.21 Å². The van der Waals surface area contributed by atoms with Gasteiger partial charge in [-0.1, -0.05) is 42.5 Å². The minimum absolute atomic E-state index is 0.194. The van der Waals surface area contributed by atoms with Crippen LogP contribution >= 0.6 is 11.8 Å². The van der Waals surface area contributed by atoms with Crippen LogP contribution in [0.15, 0.2) is 42.5 Å². The van der Waals surface area contributed by atoms with Gasteiger partial charge in [0.05, 0.1) is 11.1 Å². The van der Waals surface area contributed by atoms with E-state index in [-0.39, 0.29) is 17.5 Å². The number of carboxylic acids is 2. The number of unbranched alkanes of at least 4 members (excludes halogenated alkanes) is 1. The molecule has 0 radical (unpaired) electrons. The van der Waals surface area contributed by atoms with Gasteiger partial charge in [0, 0.05) is 12.2 Å². The number of rotatable bonds is 10. The number of amides is 1. The van der Waals surface area contributed by atoms with E-state index < -0.39 is 17.8 Å². The fourth-order valence-corrected chi connectivity index (χ4v) is 3.83. The van der Waals surface area contributed by atoms with E-state index >= 15 is 0 Å². The van der Waals surface area contributed by atoms with Crippen molar-refractivity contribution in [2.45, 2.75) is 25.0 Å². The van der Waals surface area contributed by atoms with Gasteiger partial charge in [0.2, 0.25) is 5.91 Å². The largest absolute Gasteiger partial charge is 0.478 e. The minimum atomic E-state index is -1.28. The minimum Gasteiger partial charge on any atom is -0.478 e. The third kappa shape index (κ3) is 5.58. The summed E-state index contributed by atoms with van der Waals surface area (Å²) in [5, 5.41) is 27.8. The predicted molar refractivity (Wildman–Crippen MR) is 106 cm³/mol. The molecule has 0 fully saturated rings. The van der Waals surface area contributed by atoms with Crippen LogP contribution in [-0.2, 0) is 10.5 Å². The molecule has 2 aromatic rings. The van der Waals surface area contributed by atoms with Crippen LogP contribution in [0.1, 0.15) is 45.5 Å². The molecule has 0 heterocycles. The molecule has 0 aromatic heterocycles. The molecule has 0 bridgehead atoms. The number of hydroxylamine groups is 1. The van der Waals surface area contributed by atoms with Gasteiger partial charge in [0.15, 0.2) is 0 Å². The van der Waals surface area contributed by atoms with E-state index in [1.807, 2.05) is 0 Å². The number of carboxylic acid groups (broad SMARTS) is 2. The lowest BCUT2D eigenvalue weighted by Gasteiger charge is -2.14. The number of hydrogen-bond acceptors (Lipinski definition) is 5. The molecule has 148 valence electrons. The number of nitrogens with one attached hydrogen (secondary N) is 1. The Morgan fingerprint density at radius 2 is 1.57 bits per heavy atom. The van der Waals surface area contributed by atoms with Crippen LogP contribution < -0.4 is 5.48 Å². The second kappa shape index (κ2) is 10.5. The van der Waals surface area contributed by atoms with Gasteiger partial charge in [-0.25, -0.2) is 15.1 Å². The summed E-state index contributed by atoms with van der Waals surface area (Å²) in [5.41, 5.74) is 2.62. The smallest absolute Gasteiger partial charge is 0.337 e. The van der Waals surface area contributed by atoms with Crippen molar-refractivity contribution in [2.75, 3.05) is 5.75 Å². The molecule has 2 rings (SSSR count). The van der Waals surface area contributed by atoms with Crippen LogP contribution in [0.5, 0.6) is 0 Å². The average molecular weight is 403 g/mol. The third-order valence-electron chi connectivity index (χ3n) is 4.13. The number of thioether (sulfide) groups is 1. The number of hydrogen-bond donors (Lipinski definition) is 4. The fourth-order valence-electron chi connectivity index (χ4n) is 2.82. The third-order valence-corrected chi connectivity index (χ3v) is 5.22. The maximum atomic E-state index is 11.9. The highest BCUT2D eigenvalue weighted by molar-refractivity contribution is 7.98. The highest BCUT2D eigenvalue weighted by Crippen LogP contribution is 2.30. The van der Waals surface area contributed by atoms with E-state index in [0.717, 1.165) is 0 Å². The van der Waals surface area contributed by atoms with Crippen molar-refractivity contribution in [2.24, 2.45) is 0 Å². The molecule has 0 unspecified atom stereocenters. The Morgan fingerprint density at radius 1 is 0.893 bits per heavy atom. The van der Waals surface area contributed by atoms with Crippen molar-refractivity contribution in [1.82, 2.24) is 5.48 Å². The topological polar surface area (TPSA) is 124 Å². The first kappa shape index (κ1) is 21.5. The molecular weight excluding hydrogens is 382 g/mol. The van der Waals surface area contributed by atoms with Gasteiger partial charge >= 0.3 is 11.9 Å².